The summed E-state index contributed by atoms with van der Waals surface area (Å²) in [5.41, 5.74) is 0.203. The van der Waals surface area contributed by atoms with Gasteiger partial charge >= 0.3 is 0 Å². The summed E-state index contributed by atoms with van der Waals surface area (Å²) in [7, 11) is 0. The summed E-state index contributed by atoms with van der Waals surface area (Å²) in [6, 6.07) is 6.41. The van der Waals surface area contributed by atoms with Gasteiger partial charge in [0.05, 0.1) is 22.9 Å². The monoisotopic (exact) mass is 234 g/mol. The average Bonchev–Trinajstić information content (AvgIpc) is 2.29. The number of piperidine rings is 1. The fraction of sp³-hybridized carbons (Fsp3) is 0.462. The van der Waals surface area contributed by atoms with Crippen LogP contribution in [0.5, 0.6) is 0 Å². The van der Waals surface area contributed by atoms with Crippen LogP contribution in [-0.2, 0) is 0 Å². The number of nitriles is 1. The van der Waals surface area contributed by atoms with Crippen molar-refractivity contribution in [3.8, 4) is 6.07 Å². The minimum Gasteiger partial charge on any atom is -0.390 e. The highest BCUT2D eigenvalue weighted by Crippen LogP contribution is 2.27. The number of halogens is 1. The van der Waals surface area contributed by atoms with Crippen LogP contribution in [0.25, 0.3) is 0 Å². The van der Waals surface area contributed by atoms with Crippen molar-refractivity contribution in [1.82, 2.24) is 0 Å². The van der Waals surface area contributed by atoms with Crippen LogP contribution in [0.15, 0.2) is 18.2 Å². The van der Waals surface area contributed by atoms with E-state index in [9.17, 15) is 9.50 Å². The van der Waals surface area contributed by atoms with Gasteiger partial charge in [-0.2, -0.15) is 5.26 Å². The Labute approximate surface area is 100 Å². The lowest BCUT2D eigenvalue weighted by molar-refractivity contribution is 0.0350. The van der Waals surface area contributed by atoms with E-state index >= 15 is 0 Å². The third-order valence-electron chi connectivity index (χ3n) is 3.26. The van der Waals surface area contributed by atoms with Gasteiger partial charge in [0, 0.05) is 13.1 Å². The molecular formula is C13H15FN2O. The second-order valence-electron chi connectivity index (χ2n) is 4.76. The Hall–Kier alpha value is -1.60. The third-order valence-corrected chi connectivity index (χ3v) is 3.26. The van der Waals surface area contributed by atoms with Crippen LogP contribution in [0, 0.1) is 17.1 Å². The summed E-state index contributed by atoms with van der Waals surface area (Å²) in [6.07, 6.45) is 1.26. The number of hydrogen-bond acceptors (Lipinski definition) is 3. The molecule has 1 aliphatic rings. The summed E-state index contributed by atoms with van der Waals surface area (Å²) in [4.78, 5) is 1.91. The average molecular weight is 234 g/mol. The van der Waals surface area contributed by atoms with Gasteiger partial charge in [-0.05, 0) is 38.0 Å². The summed E-state index contributed by atoms with van der Waals surface area (Å²) in [5, 5.41) is 18.5. The first-order chi connectivity index (χ1) is 8.02. The fourth-order valence-electron chi connectivity index (χ4n) is 2.06. The predicted octanol–water partition coefficient (Wildman–Crippen LogP) is 2.05. The van der Waals surface area contributed by atoms with E-state index in [-0.39, 0.29) is 5.82 Å². The molecular weight excluding hydrogens is 219 g/mol. The third kappa shape index (κ3) is 2.56. The quantitative estimate of drug-likeness (QED) is 0.809. The summed E-state index contributed by atoms with van der Waals surface area (Å²) < 4.78 is 13.8. The fourth-order valence-corrected chi connectivity index (χ4v) is 2.06. The molecule has 1 saturated heterocycles. The van der Waals surface area contributed by atoms with Crippen LogP contribution >= 0.6 is 0 Å². The normalized spacial score (nSPS) is 18.8. The van der Waals surface area contributed by atoms with E-state index in [1.165, 1.54) is 6.07 Å². The maximum absolute atomic E-state index is 13.8. The lowest BCUT2D eigenvalue weighted by Crippen LogP contribution is -2.42. The van der Waals surface area contributed by atoms with Crippen molar-refractivity contribution in [3.63, 3.8) is 0 Å². The Bertz CT molecular complexity index is 455. The molecule has 0 atom stereocenters. The highest BCUT2D eigenvalue weighted by Gasteiger charge is 2.28. The highest BCUT2D eigenvalue weighted by atomic mass is 19.1. The standard InChI is InChI=1S/C13H15FN2O/c1-13(17)4-6-16(7-5-13)12-3-2-10(9-15)8-11(12)14/h2-3,8,17H,4-7H2,1H3. The Balaban J connectivity index is 2.17. The lowest BCUT2D eigenvalue weighted by atomic mass is 9.93. The molecule has 0 amide bonds. The maximum Gasteiger partial charge on any atom is 0.147 e. The summed E-state index contributed by atoms with van der Waals surface area (Å²) in [5.74, 6) is -0.370. The van der Waals surface area contributed by atoms with Crippen LogP contribution in [0.2, 0.25) is 0 Å². The lowest BCUT2D eigenvalue weighted by Gasteiger charge is -2.37. The van der Waals surface area contributed by atoms with Gasteiger partial charge in [0.1, 0.15) is 5.82 Å². The molecule has 0 spiro atoms. The van der Waals surface area contributed by atoms with Crippen molar-refractivity contribution in [1.29, 1.82) is 5.26 Å². The van der Waals surface area contributed by atoms with Gasteiger partial charge in [-0.3, -0.25) is 0 Å². The molecule has 1 fully saturated rings. The van der Waals surface area contributed by atoms with Gasteiger partial charge in [0.15, 0.2) is 0 Å². The predicted molar refractivity (Wildman–Crippen MR) is 63.2 cm³/mol. The molecule has 1 aromatic rings. The minimum atomic E-state index is -0.639. The van der Waals surface area contributed by atoms with Gasteiger partial charge in [-0.1, -0.05) is 0 Å². The molecule has 1 aliphatic heterocycles. The zero-order valence-electron chi connectivity index (χ0n) is 9.78. The number of aliphatic hydroxyl groups is 1. The van der Waals surface area contributed by atoms with E-state index in [2.05, 4.69) is 0 Å². The number of rotatable bonds is 1. The van der Waals surface area contributed by atoms with Crippen molar-refractivity contribution >= 4 is 5.69 Å². The van der Waals surface area contributed by atoms with E-state index in [0.29, 0.717) is 37.2 Å². The largest absolute Gasteiger partial charge is 0.390 e. The topological polar surface area (TPSA) is 47.3 Å². The summed E-state index contributed by atoms with van der Waals surface area (Å²) in [6.45, 7) is 3.07. The van der Waals surface area contributed by atoms with Gasteiger partial charge in [-0.25, -0.2) is 4.39 Å². The molecule has 2 rings (SSSR count). The van der Waals surface area contributed by atoms with Gasteiger partial charge in [-0.15, -0.1) is 0 Å². The van der Waals surface area contributed by atoms with Gasteiger partial charge in [0.2, 0.25) is 0 Å². The molecule has 0 unspecified atom stereocenters. The van der Waals surface area contributed by atoms with Crippen LogP contribution in [0.3, 0.4) is 0 Å². The first-order valence-electron chi connectivity index (χ1n) is 5.69. The van der Waals surface area contributed by atoms with Crippen LogP contribution in [0.1, 0.15) is 25.3 Å². The zero-order chi connectivity index (χ0) is 12.5. The van der Waals surface area contributed by atoms with Crippen molar-refractivity contribution in [2.45, 2.75) is 25.4 Å². The molecule has 1 aromatic carbocycles. The van der Waals surface area contributed by atoms with Crippen molar-refractivity contribution < 1.29 is 9.50 Å². The minimum absolute atomic E-state index is 0.329. The highest BCUT2D eigenvalue weighted by molar-refractivity contribution is 5.51. The van der Waals surface area contributed by atoms with Gasteiger partial charge in [0.25, 0.3) is 0 Å². The Morgan fingerprint density at radius 2 is 2.06 bits per heavy atom. The first kappa shape index (κ1) is 11.9. The maximum atomic E-state index is 13.8. The molecule has 1 heterocycles. The molecule has 0 aliphatic carbocycles. The van der Waals surface area contributed by atoms with Crippen LogP contribution in [0.4, 0.5) is 10.1 Å². The van der Waals surface area contributed by atoms with E-state index in [0.717, 1.165) is 0 Å². The summed E-state index contributed by atoms with van der Waals surface area (Å²) >= 11 is 0. The van der Waals surface area contributed by atoms with E-state index in [4.69, 9.17) is 5.26 Å². The smallest absolute Gasteiger partial charge is 0.147 e. The Kier molecular flexibility index (Phi) is 3.03. The number of hydrogen-bond donors (Lipinski definition) is 1. The number of nitrogens with zero attached hydrogens (tertiary/aromatic N) is 2. The molecule has 90 valence electrons. The first-order valence-corrected chi connectivity index (χ1v) is 5.69. The van der Waals surface area contributed by atoms with Crippen LogP contribution < -0.4 is 4.90 Å². The van der Waals surface area contributed by atoms with E-state index in [1.807, 2.05) is 11.0 Å². The van der Waals surface area contributed by atoms with E-state index in [1.54, 1.807) is 19.1 Å². The van der Waals surface area contributed by atoms with Crippen molar-refractivity contribution in [2.75, 3.05) is 18.0 Å². The number of benzene rings is 1. The van der Waals surface area contributed by atoms with Crippen molar-refractivity contribution in [2.24, 2.45) is 0 Å². The van der Waals surface area contributed by atoms with E-state index < -0.39 is 5.60 Å². The molecule has 0 bridgehead atoms. The van der Waals surface area contributed by atoms with Crippen molar-refractivity contribution in [3.05, 3.63) is 29.6 Å². The number of anilines is 1. The molecule has 17 heavy (non-hydrogen) atoms. The SMILES string of the molecule is CC1(O)CCN(c2ccc(C#N)cc2F)CC1. The molecule has 0 radical (unpaired) electrons. The molecule has 3 nitrogen and oxygen atoms in total. The second-order valence-corrected chi connectivity index (χ2v) is 4.76. The second kappa shape index (κ2) is 4.34. The molecule has 1 N–H and O–H groups in total. The zero-order valence-corrected chi connectivity index (χ0v) is 9.78. The Morgan fingerprint density at radius 3 is 2.59 bits per heavy atom. The van der Waals surface area contributed by atoms with Gasteiger partial charge < -0.3 is 10.0 Å². The molecule has 0 aromatic heterocycles. The molecule has 4 heteroatoms. The Morgan fingerprint density at radius 1 is 1.41 bits per heavy atom. The van der Waals surface area contributed by atoms with Crippen LogP contribution in [-0.4, -0.2) is 23.8 Å². The molecule has 0 saturated carbocycles.